The molecule has 1 atom stereocenters. The van der Waals surface area contributed by atoms with E-state index in [1.165, 1.54) is 0 Å². The molecule has 0 aliphatic carbocycles. The Labute approximate surface area is 137 Å². The molecule has 1 aliphatic rings. The van der Waals surface area contributed by atoms with E-state index >= 15 is 0 Å². The van der Waals surface area contributed by atoms with Crippen LogP contribution < -0.4 is 10.1 Å². The topological polar surface area (TPSA) is 42.8 Å². The Kier molecular flexibility index (Phi) is 5.27. The van der Waals surface area contributed by atoms with Gasteiger partial charge in [-0.3, -0.25) is 0 Å². The van der Waals surface area contributed by atoms with Gasteiger partial charge in [-0.2, -0.15) is 0 Å². The van der Waals surface area contributed by atoms with Crippen LogP contribution in [0.15, 0.2) is 59.8 Å². The van der Waals surface area contributed by atoms with Crippen LogP contribution in [0.1, 0.15) is 30.6 Å². The average molecular weight is 310 g/mol. The molecule has 0 radical (unpaired) electrons. The van der Waals surface area contributed by atoms with Crippen LogP contribution in [-0.4, -0.2) is 25.4 Å². The molecular weight excluding hydrogens is 288 g/mol. The summed E-state index contributed by atoms with van der Waals surface area (Å²) in [5.74, 6) is 0.863. The Hall–Kier alpha value is -2.33. The first-order valence-corrected chi connectivity index (χ1v) is 8.09. The molecule has 0 saturated heterocycles. The molecule has 0 bridgehead atoms. The molecule has 0 amide bonds. The van der Waals surface area contributed by atoms with Gasteiger partial charge in [-0.05, 0) is 24.2 Å². The van der Waals surface area contributed by atoms with Crippen LogP contribution in [0.4, 0.5) is 0 Å². The Morgan fingerprint density at radius 1 is 1.13 bits per heavy atom. The van der Waals surface area contributed by atoms with E-state index in [-0.39, 0.29) is 6.10 Å². The van der Waals surface area contributed by atoms with Crippen LogP contribution in [0, 0.1) is 0 Å². The molecule has 2 aromatic rings. The van der Waals surface area contributed by atoms with Gasteiger partial charge in [0.05, 0.1) is 5.71 Å². The minimum absolute atomic E-state index is 0.0257. The molecular formula is C19H22N2O2. The van der Waals surface area contributed by atoms with Gasteiger partial charge in [-0.15, -0.1) is 0 Å². The van der Waals surface area contributed by atoms with Crippen molar-refractivity contribution in [2.45, 2.75) is 19.4 Å². The molecule has 0 spiro atoms. The van der Waals surface area contributed by atoms with Gasteiger partial charge in [-0.25, -0.2) is 0 Å². The van der Waals surface area contributed by atoms with E-state index in [0.717, 1.165) is 35.7 Å². The average Bonchev–Trinajstić information content (AvgIpc) is 2.62. The largest absolute Gasteiger partial charge is 0.485 e. The summed E-state index contributed by atoms with van der Waals surface area (Å²) < 4.78 is 6.14. The zero-order chi connectivity index (χ0) is 15.9. The third-order valence-electron chi connectivity index (χ3n) is 3.81. The van der Waals surface area contributed by atoms with Crippen LogP contribution in [0.3, 0.4) is 0 Å². The Morgan fingerprint density at radius 2 is 1.91 bits per heavy atom. The van der Waals surface area contributed by atoms with Crippen LogP contribution in [0.2, 0.25) is 0 Å². The third kappa shape index (κ3) is 3.90. The van der Waals surface area contributed by atoms with Crippen LogP contribution in [0.5, 0.6) is 5.75 Å². The lowest BCUT2D eigenvalue weighted by Crippen LogP contribution is -2.22. The van der Waals surface area contributed by atoms with Gasteiger partial charge >= 0.3 is 0 Å². The standard InChI is InChI=1S/C19H22N2O2/c1-2-20-12-13-22-21-17-14-19(15-8-4-3-5-9-15)23-18-11-7-6-10-16(17)18/h3-11,19-20H,2,12-14H2,1H3/b21-17-. The predicted octanol–water partition coefficient (Wildman–Crippen LogP) is 3.54. The normalized spacial score (nSPS) is 18.3. The molecule has 3 rings (SSSR count). The van der Waals surface area contributed by atoms with Gasteiger partial charge in [0.15, 0.2) is 0 Å². The smallest absolute Gasteiger partial charge is 0.129 e. The fourth-order valence-electron chi connectivity index (χ4n) is 2.65. The SMILES string of the molecule is CCNCCO/N=C1/CC(c2ccccc2)Oc2ccccc21. The van der Waals surface area contributed by atoms with Crippen molar-refractivity contribution >= 4 is 5.71 Å². The van der Waals surface area contributed by atoms with E-state index in [1.807, 2.05) is 42.5 Å². The highest BCUT2D eigenvalue weighted by molar-refractivity contribution is 6.03. The van der Waals surface area contributed by atoms with Crippen molar-refractivity contribution in [3.63, 3.8) is 0 Å². The van der Waals surface area contributed by atoms with E-state index in [0.29, 0.717) is 13.0 Å². The van der Waals surface area contributed by atoms with Crippen LogP contribution in [0.25, 0.3) is 0 Å². The minimum Gasteiger partial charge on any atom is -0.485 e. The summed E-state index contributed by atoms with van der Waals surface area (Å²) in [7, 11) is 0. The number of ether oxygens (including phenoxy) is 1. The van der Waals surface area contributed by atoms with E-state index in [1.54, 1.807) is 0 Å². The second-order valence-electron chi connectivity index (χ2n) is 5.44. The highest BCUT2D eigenvalue weighted by Gasteiger charge is 2.26. The van der Waals surface area contributed by atoms with Crippen LogP contribution >= 0.6 is 0 Å². The number of benzene rings is 2. The monoisotopic (exact) mass is 310 g/mol. The number of fused-ring (bicyclic) bond motifs is 1. The van der Waals surface area contributed by atoms with Crippen molar-refractivity contribution in [3.8, 4) is 5.75 Å². The second-order valence-corrected chi connectivity index (χ2v) is 5.44. The van der Waals surface area contributed by atoms with E-state index in [2.05, 4.69) is 29.5 Å². The van der Waals surface area contributed by atoms with Gasteiger partial charge in [0, 0.05) is 18.5 Å². The number of oxime groups is 1. The summed E-state index contributed by atoms with van der Waals surface area (Å²) in [5.41, 5.74) is 3.11. The first kappa shape index (κ1) is 15.6. The molecule has 120 valence electrons. The maximum absolute atomic E-state index is 6.14. The lowest BCUT2D eigenvalue weighted by Gasteiger charge is -2.27. The van der Waals surface area contributed by atoms with Gasteiger partial charge in [0.25, 0.3) is 0 Å². The predicted molar refractivity (Wildman–Crippen MR) is 91.9 cm³/mol. The van der Waals surface area contributed by atoms with Gasteiger partial charge in [-0.1, -0.05) is 54.5 Å². The maximum Gasteiger partial charge on any atom is 0.129 e. The number of nitrogens with one attached hydrogen (secondary N) is 1. The number of hydrogen-bond donors (Lipinski definition) is 1. The molecule has 1 aliphatic heterocycles. The fourth-order valence-corrected chi connectivity index (χ4v) is 2.65. The van der Waals surface area contributed by atoms with Crippen molar-refractivity contribution in [1.82, 2.24) is 5.32 Å². The summed E-state index contributed by atoms with van der Waals surface area (Å²) in [5, 5.41) is 7.59. The van der Waals surface area contributed by atoms with Crippen LogP contribution in [-0.2, 0) is 4.84 Å². The number of hydrogen-bond acceptors (Lipinski definition) is 4. The lowest BCUT2D eigenvalue weighted by molar-refractivity contribution is 0.141. The van der Waals surface area contributed by atoms with E-state index in [4.69, 9.17) is 9.57 Å². The number of rotatable bonds is 6. The highest BCUT2D eigenvalue weighted by atomic mass is 16.6. The van der Waals surface area contributed by atoms with E-state index in [9.17, 15) is 0 Å². The molecule has 4 nitrogen and oxygen atoms in total. The zero-order valence-electron chi connectivity index (χ0n) is 13.4. The Morgan fingerprint density at radius 3 is 2.74 bits per heavy atom. The molecule has 0 saturated carbocycles. The molecule has 0 fully saturated rings. The molecule has 0 aromatic heterocycles. The summed E-state index contributed by atoms with van der Waals surface area (Å²) in [6, 6.07) is 18.2. The van der Waals surface area contributed by atoms with Crippen molar-refractivity contribution in [2.75, 3.05) is 19.7 Å². The quantitative estimate of drug-likeness (QED) is 0.655. The van der Waals surface area contributed by atoms with Gasteiger partial charge < -0.3 is 14.9 Å². The lowest BCUT2D eigenvalue weighted by atomic mass is 9.96. The number of likely N-dealkylation sites (N-methyl/N-ethyl adjacent to an activating group) is 1. The summed E-state index contributed by atoms with van der Waals surface area (Å²) in [6.45, 7) is 4.38. The Bertz CT molecular complexity index is 655. The summed E-state index contributed by atoms with van der Waals surface area (Å²) >= 11 is 0. The first-order chi connectivity index (χ1) is 11.4. The first-order valence-electron chi connectivity index (χ1n) is 8.09. The zero-order valence-corrected chi connectivity index (χ0v) is 13.4. The number of para-hydroxylation sites is 1. The van der Waals surface area contributed by atoms with Crippen molar-refractivity contribution in [1.29, 1.82) is 0 Å². The van der Waals surface area contributed by atoms with Gasteiger partial charge in [0.1, 0.15) is 18.5 Å². The molecule has 1 heterocycles. The van der Waals surface area contributed by atoms with Crippen molar-refractivity contribution < 1.29 is 9.57 Å². The summed E-state index contributed by atoms with van der Waals surface area (Å²) in [4.78, 5) is 5.49. The second kappa shape index (κ2) is 7.79. The molecule has 1 unspecified atom stereocenters. The minimum atomic E-state index is -0.0257. The van der Waals surface area contributed by atoms with Crippen molar-refractivity contribution in [3.05, 3.63) is 65.7 Å². The maximum atomic E-state index is 6.14. The van der Waals surface area contributed by atoms with Crippen molar-refractivity contribution in [2.24, 2.45) is 5.16 Å². The van der Waals surface area contributed by atoms with E-state index < -0.39 is 0 Å². The third-order valence-corrected chi connectivity index (χ3v) is 3.81. The number of nitrogens with zero attached hydrogens (tertiary/aromatic N) is 1. The molecule has 4 heteroatoms. The molecule has 23 heavy (non-hydrogen) atoms. The Balaban J connectivity index is 1.78. The molecule has 1 N–H and O–H groups in total. The summed E-state index contributed by atoms with van der Waals surface area (Å²) in [6.07, 6.45) is 0.685. The fraction of sp³-hybridized carbons (Fsp3) is 0.316. The molecule has 2 aromatic carbocycles. The van der Waals surface area contributed by atoms with Gasteiger partial charge in [0.2, 0.25) is 0 Å². The highest BCUT2D eigenvalue weighted by Crippen LogP contribution is 2.35.